The summed E-state index contributed by atoms with van der Waals surface area (Å²) in [4.78, 5) is 47.3. The predicted molar refractivity (Wildman–Crippen MR) is 170 cm³/mol. The zero-order chi connectivity index (χ0) is 30.5. The average Bonchev–Trinajstić information content (AvgIpc) is 3.70. The highest BCUT2D eigenvalue weighted by Crippen LogP contribution is 2.31. The Hall–Kier alpha value is -4.63. The Bertz CT molecular complexity index is 1480. The Balaban J connectivity index is 1.27. The molecule has 3 aromatic rings. The van der Waals surface area contributed by atoms with Gasteiger partial charge in [-0.15, -0.1) is 6.58 Å². The number of urea groups is 1. The smallest absolute Gasteiger partial charge is 0.332 e. The van der Waals surface area contributed by atoms with Crippen LogP contribution in [0, 0.1) is 0 Å². The van der Waals surface area contributed by atoms with Crippen LogP contribution in [0.1, 0.15) is 29.5 Å². The number of rotatable bonds is 10. The molecule has 228 valence electrons. The van der Waals surface area contributed by atoms with Crippen molar-refractivity contribution in [3.63, 3.8) is 0 Å². The normalized spacial score (nSPS) is 20.1. The lowest BCUT2D eigenvalue weighted by molar-refractivity contribution is -0.157. The van der Waals surface area contributed by atoms with Crippen molar-refractivity contribution in [1.29, 1.82) is 0 Å². The molecule has 3 heterocycles. The number of carbonyl (C=O) groups excluding carboxylic acids is 3. The molecule has 2 atom stereocenters. The van der Waals surface area contributed by atoms with E-state index in [-0.39, 0.29) is 30.9 Å². The van der Waals surface area contributed by atoms with E-state index in [0.29, 0.717) is 26.1 Å². The minimum atomic E-state index is -0.673. The predicted octanol–water partition coefficient (Wildman–Crippen LogP) is 4.02. The number of hydrogen-bond donors (Lipinski definition) is 1. The first-order valence-corrected chi connectivity index (χ1v) is 15.5. The highest BCUT2D eigenvalue weighted by atomic mass is 16.2. The molecule has 0 aromatic heterocycles. The molecule has 0 bridgehead atoms. The summed E-state index contributed by atoms with van der Waals surface area (Å²) in [6.45, 7) is 7.29. The topological polar surface area (TPSA) is 79.4 Å². The Morgan fingerprint density at radius 3 is 2.30 bits per heavy atom. The number of fused-ring (bicyclic) bond motifs is 1. The molecule has 0 aliphatic carbocycles. The number of anilines is 1. The molecule has 0 unspecified atom stereocenters. The summed E-state index contributed by atoms with van der Waals surface area (Å²) in [5, 5.41) is 6.36. The Kier molecular flexibility index (Phi) is 8.93. The minimum Gasteiger partial charge on any atom is -0.372 e. The monoisotopic (exact) mass is 592 g/mol. The van der Waals surface area contributed by atoms with Crippen LogP contribution in [0.2, 0.25) is 0 Å². The van der Waals surface area contributed by atoms with E-state index in [1.165, 1.54) is 18.5 Å². The van der Waals surface area contributed by atoms with Crippen molar-refractivity contribution in [3.05, 3.63) is 114 Å². The van der Waals surface area contributed by atoms with Gasteiger partial charge in [0.25, 0.3) is 0 Å². The molecule has 0 spiro atoms. The maximum absolute atomic E-state index is 14.2. The first-order chi connectivity index (χ1) is 21.5. The molecule has 3 aliphatic heterocycles. The molecule has 3 aliphatic rings. The first-order valence-electron chi connectivity index (χ1n) is 15.5. The largest absolute Gasteiger partial charge is 0.372 e. The number of carbonyl (C=O) groups is 3. The fourth-order valence-corrected chi connectivity index (χ4v) is 6.57. The summed E-state index contributed by atoms with van der Waals surface area (Å²) in [7, 11) is 0. The third-order valence-electron chi connectivity index (χ3n) is 8.73. The summed E-state index contributed by atoms with van der Waals surface area (Å²) >= 11 is 0. The molecule has 9 nitrogen and oxygen atoms in total. The summed E-state index contributed by atoms with van der Waals surface area (Å²) in [6.07, 6.45) is 3.96. The lowest BCUT2D eigenvalue weighted by Gasteiger charge is -2.46. The van der Waals surface area contributed by atoms with Crippen LogP contribution in [0.5, 0.6) is 0 Å². The number of hydrazine groups is 1. The fourth-order valence-electron chi connectivity index (χ4n) is 6.57. The SMILES string of the molecule is C=CCN(C(=O)NCc1ccccc1)N1CC(=O)N2[C@@H](Cc3ccccc3)C(=O)N(Cc3cccc(N4CCCC4)c3)C[C@@H]21. The van der Waals surface area contributed by atoms with E-state index in [2.05, 4.69) is 41.1 Å². The third kappa shape index (κ3) is 6.33. The van der Waals surface area contributed by atoms with E-state index in [0.717, 1.165) is 29.8 Å². The zero-order valence-corrected chi connectivity index (χ0v) is 25.1. The van der Waals surface area contributed by atoms with Crippen LogP contribution in [0.3, 0.4) is 0 Å². The second-order valence-electron chi connectivity index (χ2n) is 11.7. The van der Waals surface area contributed by atoms with Crippen LogP contribution in [-0.4, -0.2) is 82.6 Å². The maximum atomic E-state index is 14.2. The van der Waals surface area contributed by atoms with Crippen molar-refractivity contribution < 1.29 is 14.4 Å². The summed E-state index contributed by atoms with van der Waals surface area (Å²) < 4.78 is 0. The van der Waals surface area contributed by atoms with Crippen LogP contribution >= 0.6 is 0 Å². The minimum absolute atomic E-state index is 0.00805. The van der Waals surface area contributed by atoms with Gasteiger partial charge in [-0.3, -0.25) is 14.6 Å². The highest BCUT2D eigenvalue weighted by Gasteiger charge is 2.52. The van der Waals surface area contributed by atoms with Gasteiger partial charge in [-0.1, -0.05) is 78.9 Å². The molecule has 9 heteroatoms. The molecular formula is C35H40N6O3. The van der Waals surface area contributed by atoms with Crippen molar-refractivity contribution in [1.82, 2.24) is 25.1 Å². The summed E-state index contributed by atoms with van der Waals surface area (Å²) in [5.74, 6) is -0.236. The van der Waals surface area contributed by atoms with E-state index in [1.807, 2.05) is 70.6 Å². The number of amides is 4. The number of piperazine rings is 1. The van der Waals surface area contributed by atoms with Crippen LogP contribution in [0.25, 0.3) is 0 Å². The van der Waals surface area contributed by atoms with Crippen LogP contribution in [0.4, 0.5) is 10.5 Å². The van der Waals surface area contributed by atoms with Crippen molar-refractivity contribution in [3.8, 4) is 0 Å². The van der Waals surface area contributed by atoms with Gasteiger partial charge in [-0.05, 0) is 41.7 Å². The average molecular weight is 593 g/mol. The van der Waals surface area contributed by atoms with Crippen molar-refractivity contribution in [2.45, 2.75) is 44.6 Å². The number of nitrogens with zero attached hydrogens (tertiary/aromatic N) is 5. The van der Waals surface area contributed by atoms with Gasteiger partial charge < -0.3 is 20.0 Å². The van der Waals surface area contributed by atoms with E-state index < -0.39 is 12.2 Å². The van der Waals surface area contributed by atoms with E-state index in [1.54, 1.807) is 16.0 Å². The van der Waals surface area contributed by atoms with Crippen molar-refractivity contribution in [2.24, 2.45) is 0 Å². The van der Waals surface area contributed by atoms with E-state index in [9.17, 15) is 14.4 Å². The second-order valence-corrected chi connectivity index (χ2v) is 11.7. The second kappa shape index (κ2) is 13.3. The van der Waals surface area contributed by atoms with Gasteiger partial charge in [0, 0.05) is 38.3 Å². The fraction of sp³-hybridized carbons (Fsp3) is 0.343. The summed E-state index contributed by atoms with van der Waals surface area (Å²) in [6, 6.07) is 27.0. The Morgan fingerprint density at radius 1 is 0.909 bits per heavy atom. The number of nitrogens with one attached hydrogen (secondary N) is 1. The lowest BCUT2D eigenvalue weighted by atomic mass is 10.00. The Labute approximate surface area is 259 Å². The molecular weight excluding hydrogens is 552 g/mol. The standard InChI is InChI=1S/C35H40N6O3/c1-2-18-39(35(44)36-23-28-14-7-4-8-15-28)40-26-33(42)41-31(22-27-12-5-3-6-13-27)34(43)38(25-32(40)41)24-29-16-11-17-30(21-29)37-19-9-10-20-37/h2-8,11-17,21,31-32H,1,9-10,18-20,22-26H2,(H,36,44)/t31-,32+/m0/s1. The van der Waals surface area contributed by atoms with Gasteiger partial charge in [-0.25, -0.2) is 4.79 Å². The van der Waals surface area contributed by atoms with Gasteiger partial charge in [0.2, 0.25) is 11.8 Å². The van der Waals surface area contributed by atoms with E-state index >= 15 is 0 Å². The Morgan fingerprint density at radius 2 is 1.59 bits per heavy atom. The molecule has 3 saturated heterocycles. The highest BCUT2D eigenvalue weighted by molar-refractivity contribution is 5.92. The van der Waals surface area contributed by atoms with E-state index in [4.69, 9.17) is 0 Å². The van der Waals surface area contributed by atoms with Gasteiger partial charge in [-0.2, -0.15) is 5.01 Å². The van der Waals surface area contributed by atoms with Crippen LogP contribution in [0.15, 0.2) is 97.6 Å². The third-order valence-corrected chi connectivity index (χ3v) is 8.73. The van der Waals surface area contributed by atoms with Crippen LogP contribution in [-0.2, 0) is 29.1 Å². The van der Waals surface area contributed by atoms with Gasteiger partial charge in [0.15, 0.2) is 0 Å². The molecule has 3 fully saturated rings. The molecule has 3 aromatic carbocycles. The molecule has 0 radical (unpaired) electrons. The number of hydrogen-bond acceptors (Lipinski definition) is 5. The number of benzene rings is 3. The molecule has 4 amide bonds. The molecule has 0 saturated carbocycles. The van der Waals surface area contributed by atoms with Gasteiger partial charge in [0.1, 0.15) is 12.2 Å². The van der Waals surface area contributed by atoms with Crippen molar-refractivity contribution in [2.75, 3.05) is 37.6 Å². The molecule has 44 heavy (non-hydrogen) atoms. The first kappa shape index (κ1) is 29.4. The quantitative estimate of drug-likeness (QED) is 0.360. The van der Waals surface area contributed by atoms with Crippen molar-refractivity contribution >= 4 is 23.5 Å². The van der Waals surface area contributed by atoms with Crippen LogP contribution < -0.4 is 10.2 Å². The van der Waals surface area contributed by atoms with Gasteiger partial charge in [0.05, 0.1) is 19.6 Å². The zero-order valence-electron chi connectivity index (χ0n) is 25.1. The maximum Gasteiger partial charge on any atom is 0.332 e. The molecule has 1 N–H and O–H groups in total. The van der Waals surface area contributed by atoms with Gasteiger partial charge >= 0.3 is 6.03 Å². The molecule has 6 rings (SSSR count). The lowest BCUT2D eigenvalue weighted by Crippen LogP contribution is -2.66. The summed E-state index contributed by atoms with van der Waals surface area (Å²) in [5.41, 5.74) is 4.19.